The Kier molecular flexibility index (Phi) is 5.28. The highest BCUT2D eigenvalue weighted by atomic mass is 32.2. The van der Waals surface area contributed by atoms with Crippen molar-refractivity contribution in [2.75, 3.05) is 13.2 Å². The summed E-state index contributed by atoms with van der Waals surface area (Å²) >= 11 is 3.25. The third-order valence-corrected chi connectivity index (χ3v) is 6.52. The minimum absolute atomic E-state index is 0.111. The minimum atomic E-state index is -0.178. The molecule has 1 unspecified atom stereocenters. The summed E-state index contributed by atoms with van der Waals surface area (Å²) in [5.74, 6) is 0.861. The Bertz CT molecular complexity index is 913. The first kappa shape index (κ1) is 17.6. The van der Waals surface area contributed by atoms with Crippen LogP contribution in [-0.4, -0.2) is 30.1 Å². The molecule has 1 aliphatic heterocycles. The number of aromatic nitrogens is 1. The van der Waals surface area contributed by atoms with Crippen molar-refractivity contribution in [3.63, 3.8) is 0 Å². The number of benzene rings is 1. The summed E-state index contributed by atoms with van der Waals surface area (Å²) < 4.78 is 12.5. The second-order valence-electron chi connectivity index (χ2n) is 6.29. The first-order chi connectivity index (χ1) is 12.7. The molecule has 1 saturated heterocycles. The fourth-order valence-corrected chi connectivity index (χ4v) is 4.93. The van der Waals surface area contributed by atoms with E-state index in [0.717, 1.165) is 46.0 Å². The van der Waals surface area contributed by atoms with Crippen LogP contribution >= 0.6 is 23.1 Å². The Morgan fingerprint density at radius 2 is 2.31 bits per heavy atom. The van der Waals surface area contributed by atoms with Gasteiger partial charge in [-0.3, -0.25) is 4.79 Å². The fraction of sp³-hybridized carbons (Fsp3) is 0.368. The molecule has 7 heteroatoms. The number of nitrogens with zero attached hydrogens (tertiary/aromatic N) is 1. The van der Waals surface area contributed by atoms with Gasteiger partial charge in [0.2, 0.25) is 0 Å². The van der Waals surface area contributed by atoms with E-state index in [1.165, 1.54) is 0 Å². The number of ether oxygens (including phenoxy) is 1. The van der Waals surface area contributed by atoms with Crippen LogP contribution < -0.4 is 5.32 Å². The van der Waals surface area contributed by atoms with Gasteiger partial charge in [-0.1, -0.05) is 30.0 Å². The number of thioether (sulfide) groups is 1. The first-order valence-electron chi connectivity index (χ1n) is 8.66. The molecule has 0 bridgehead atoms. The number of carbonyl (C=O) groups is 1. The van der Waals surface area contributed by atoms with E-state index < -0.39 is 0 Å². The molecule has 136 valence electrons. The lowest BCUT2D eigenvalue weighted by molar-refractivity contribution is 0.0836. The predicted octanol–water partition coefficient (Wildman–Crippen LogP) is 4.40. The van der Waals surface area contributed by atoms with E-state index in [-0.39, 0.29) is 12.0 Å². The van der Waals surface area contributed by atoms with E-state index in [1.807, 2.05) is 36.6 Å². The van der Waals surface area contributed by atoms with Gasteiger partial charge in [0, 0.05) is 40.9 Å². The van der Waals surface area contributed by atoms with Crippen molar-refractivity contribution < 1.29 is 13.9 Å². The van der Waals surface area contributed by atoms with Gasteiger partial charge in [0.1, 0.15) is 9.92 Å². The van der Waals surface area contributed by atoms with Gasteiger partial charge in [-0.2, -0.15) is 0 Å². The molecule has 1 aliphatic rings. The number of thiazole rings is 1. The lowest BCUT2D eigenvalue weighted by Crippen LogP contribution is -2.32. The lowest BCUT2D eigenvalue weighted by atomic mass is 10.1. The van der Waals surface area contributed by atoms with E-state index in [9.17, 15) is 4.79 Å². The van der Waals surface area contributed by atoms with Gasteiger partial charge >= 0.3 is 0 Å². The third kappa shape index (κ3) is 3.79. The summed E-state index contributed by atoms with van der Waals surface area (Å²) in [6, 6.07) is 7.78. The quantitative estimate of drug-likeness (QED) is 0.634. The second-order valence-corrected chi connectivity index (χ2v) is 8.37. The predicted molar refractivity (Wildman–Crippen MR) is 104 cm³/mol. The Hall–Kier alpha value is -1.83. The number of amides is 1. The highest BCUT2D eigenvalue weighted by Crippen LogP contribution is 2.33. The molecular formula is C19H20N2O3S2. The molecule has 26 heavy (non-hydrogen) atoms. The first-order valence-corrected chi connectivity index (χ1v) is 10.5. The van der Waals surface area contributed by atoms with Crippen molar-refractivity contribution in [2.24, 2.45) is 0 Å². The van der Waals surface area contributed by atoms with Crippen LogP contribution in [0.5, 0.6) is 0 Å². The SMILES string of the molecule is Cc1csc(SCc2c(C(=O)NCC3CCCO3)oc3ccccc23)n1. The zero-order valence-corrected chi connectivity index (χ0v) is 16.1. The number of aryl methyl sites for hydroxylation is 1. The van der Waals surface area contributed by atoms with Crippen LogP contribution in [0.1, 0.15) is 34.7 Å². The Morgan fingerprint density at radius 1 is 1.42 bits per heavy atom. The monoisotopic (exact) mass is 388 g/mol. The molecule has 1 fully saturated rings. The molecular weight excluding hydrogens is 368 g/mol. The fourth-order valence-electron chi connectivity index (χ4n) is 3.05. The van der Waals surface area contributed by atoms with Crippen molar-refractivity contribution in [3.05, 3.63) is 46.7 Å². The number of rotatable bonds is 6. The number of fused-ring (bicyclic) bond motifs is 1. The van der Waals surface area contributed by atoms with Gasteiger partial charge in [0.05, 0.1) is 6.10 Å². The zero-order valence-electron chi connectivity index (χ0n) is 14.5. The second kappa shape index (κ2) is 7.82. The number of furan rings is 1. The normalized spacial score (nSPS) is 17.0. The molecule has 1 amide bonds. The Labute approximate surface area is 160 Å². The molecule has 1 N–H and O–H groups in total. The zero-order chi connectivity index (χ0) is 17.9. The molecule has 1 aromatic carbocycles. The number of nitrogens with one attached hydrogen (secondary N) is 1. The number of hydrogen-bond donors (Lipinski definition) is 1. The average Bonchev–Trinajstić information content (AvgIpc) is 3.38. The summed E-state index contributed by atoms with van der Waals surface area (Å²) in [5.41, 5.74) is 2.67. The van der Waals surface area contributed by atoms with Crippen LogP contribution in [0.15, 0.2) is 38.4 Å². The molecule has 2 aromatic heterocycles. The molecule has 3 heterocycles. The van der Waals surface area contributed by atoms with Gasteiger partial charge in [0.15, 0.2) is 5.76 Å². The van der Waals surface area contributed by atoms with Gasteiger partial charge in [-0.05, 0) is 25.8 Å². The minimum Gasteiger partial charge on any atom is -0.451 e. The van der Waals surface area contributed by atoms with Crippen LogP contribution in [0, 0.1) is 6.92 Å². The smallest absolute Gasteiger partial charge is 0.287 e. The number of carbonyl (C=O) groups excluding carboxylic acids is 1. The van der Waals surface area contributed by atoms with Crippen LogP contribution in [-0.2, 0) is 10.5 Å². The lowest BCUT2D eigenvalue weighted by Gasteiger charge is -2.10. The van der Waals surface area contributed by atoms with Gasteiger partial charge < -0.3 is 14.5 Å². The molecule has 0 saturated carbocycles. The summed E-state index contributed by atoms with van der Waals surface area (Å²) in [6.45, 7) is 3.28. The largest absolute Gasteiger partial charge is 0.451 e. The van der Waals surface area contributed by atoms with E-state index in [0.29, 0.717) is 18.1 Å². The van der Waals surface area contributed by atoms with Crippen molar-refractivity contribution >= 4 is 40.0 Å². The highest BCUT2D eigenvalue weighted by molar-refractivity contribution is 8.00. The van der Waals surface area contributed by atoms with Crippen LogP contribution in [0.3, 0.4) is 0 Å². The average molecular weight is 389 g/mol. The Balaban J connectivity index is 1.55. The molecule has 0 aliphatic carbocycles. The van der Waals surface area contributed by atoms with Gasteiger partial charge in [-0.25, -0.2) is 4.98 Å². The topological polar surface area (TPSA) is 64.4 Å². The number of para-hydroxylation sites is 1. The van der Waals surface area contributed by atoms with E-state index in [4.69, 9.17) is 9.15 Å². The van der Waals surface area contributed by atoms with Gasteiger partial charge in [-0.15, -0.1) is 11.3 Å². The maximum Gasteiger partial charge on any atom is 0.287 e. The van der Waals surface area contributed by atoms with Crippen LogP contribution in [0.25, 0.3) is 11.0 Å². The summed E-state index contributed by atoms with van der Waals surface area (Å²) in [5, 5.41) is 5.98. The maximum absolute atomic E-state index is 12.7. The maximum atomic E-state index is 12.7. The third-order valence-electron chi connectivity index (χ3n) is 4.36. The van der Waals surface area contributed by atoms with E-state index in [2.05, 4.69) is 10.3 Å². The van der Waals surface area contributed by atoms with Crippen LogP contribution in [0.4, 0.5) is 0 Å². The summed E-state index contributed by atoms with van der Waals surface area (Å²) in [7, 11) is 0. The summed E-state index contributed by atoms with van der Waals surface area (Å²) in [6.07, 6.45) is 2.16. The van der Waals surface area contributed by atoms with E-state index in [1.54, 1.807) is 23.1 Å². The van der Waals surface area contributed by atoms with Crippen molar-refractivity contribution in [1.82, 2.24) is 10.3 Å². The summed E-state index contributed by atoms with van der Waals surface area (Å²) in [4.78, 5) is 17.2. The van der Waals surface area contributed by atoms with Crippen molar-refractivity contribution in [3.8, 4) is 0 Å². The molecule has 1 atom stereocenters. The molecule has 0 radical (unpaired) electrons. The molecule has 3 aromatic rings. The molecule has 5 nitrogen and oxygen atoms in total. The number of hydrogen-bond acceptors (Lipinski definition) is 6. The molecule has 0 spiro atoms. The van der Waals surface area contributed by atoms with Crippen molar-refractivity contribution in [1.29, 1.82) is 0 Å². The van der Waals surface area contributed by atoms with E-state index >= 15 is 0 Å². The standard InChI is InChI=1S/C19H20N2O3S2/c1-12-10-25-19(21-12)26-11-15-14-6-2-3-7-16(14)24-17(15)18(22)20-9-13-5-4-8-23-13/h2-3,6-7,10,13H,4-5,8-9,11H2,1H3,(H,20,22). The van der Waals surface area contributed by atoms with Crippen molar-refractivity contribution in [2.45, 2.75) is 36.0 Å². The highest BCUT2D eigenvalue weighted by Gasteiger charge is 2.23. The van der Waals surface area contributed by atoms with Crippen LogP contribution in [0.2, 0.25) is 0 Å². The molecule has 4 rings (SSSR count). The van der Waals surface area contributed by atoms with Gasteiger partial charge in [0.25, 0.3) is 5.91 Å². The Morgan fingerprint density at radius 3 is 3.08 bits per heavy atom.